The third-order valence-electron chi connectivity index (χ3n) is 2.62. The first kappa shape index (κ1) is 12.6. The average Bonchev–Trinajstić information content (AvgIpc) is 2.90. The second-order valence-electron chi connectivity index (χ2n) is 3.73. The fourth-order valence-electron chi connectivity index (χ4n) is 1.44. The van der Waals surface area contributed by atoms with Gasteiger partial charge < -0.3 is 4.74 Å². The van der Waals surface area contributed by atoms with E-state index in [1.807, 2.05) is 6.07 Å². The van der Waals surface area contributed by atoms with Crippen molar-refractivity contribution < 1.29 is 9.53 Å². The number of aryl methyl sites for hydroxylation is 1. The van der Waals surface area contributed by atoms with Crippen molar-refractivity contribution in [3.8, 4) is 11.9 Å². The highest BCUT2D eigenvalue weighted by molar-refractivity contribution is 5.84. The molecule has 0 saturated carbocycles. The quantitative estimate of drug-likeness (QED) is 0.714. The molecule has 2 heterocycles. The topological polar surface area (TPSA) is 107 Å². The van der Waals surface area contributed by atoms with Gasteiger partial charge in [-0.15, -0.1) is 10.2 Å². The van der Waals surface area contributed by atoms with E-state index >= 15 is 0 Å². The lowest BCUT2D eigenvalue weighted by Crippen LogP contribution is -2.09. The van der Waals surface area contributed by atoms with E-state index in [9.17, 15) is 10.1 Å². The molecule has 8 nitrogen and oxygen atoms in total. The fourth-order valence-corrected chi connectivity index (χ4v) is 1.44. The maximum absolute atomic E-state index is 11.3. The third kappa shape index (κ3) is 2.13. The number of aromatic nitrogens is 5. The maximum Gasteiger partial charge on any atom is 0.377 e. The number of hydrogen-bond acceptors (Lipinski definition) is 7. The van der Waals surface area contributed by atoms with Crippen molar-refractivity contribution in [1.29, 1.82) is 5.26 Å². The molecular formula is C11H10N6O2. The molecule has 0 N–H and O–H groups in total. The zero-order valence-corrected chi connectivity index (χ0v) is 10.6. The van der Waals surface area contributed by atoms with E-state index < -0.39 is 5.97 Å². The predicted molar refractivity (Wildman–Crippen MR) is 62.5 cm³/mol. The van der Waals surface area contributed by atoms with Crippen molar-refractivity contribution >= 4 is 5.97 Å². The van der Waals surface area contributed by atoms with E-state index in [0.29, 0.717) is 16.8 Å². The van der Waals surface area contributed by atoms with Crippen molar-refractivity contribution in [1.82, 2.24) is 25.0 Å². The largest absolute Gasteiger partial charge is 0.463 e. The average molecular weight is 258 g/mol. The molecule has 0 fully saturated rings. The summed E-state index contributed by atoms with van der Waals surface area (Å²) in [6, 6.07) is 2.05. The summed E-state index contributed by atoms with van der Waals surface area (Å²) in [6.45, 7) is 3.53. The zero-order valence-electron chi connectivity index (χ0n) is 10.6. The van der Waals surface area contributed by atoms with Crippen molar-refractivity contribution in [2.24, 2.45) is 0 Å². The summed E-state index contributed by atoms with van der Waals surface area (Å²) in [4.78, 5) is 15.1. The Morgan fingerprint density at radius 2 is 2.16 bits per heavy atom. The van der Waals surface area contributed by atoms with Gasteiger partial charge in [0, 0.05) is 0 Å². The van der Waals surface area contributed by atoms with Gasteiger partial charge in [0.25, 0.3) is 5.82 Å². The van der Waals surface area contributed by atoms with E-state index in [0.717, 1.165) is 0 Å². The van der Waals surface area contributed by atoms with Crippen LogP contribution in [0.15, 0.2) is 6.33 Å². The van der Waals surface area contributed by atoms with Crippen molar-refractivity contribution in [2.45, 2.75) is 13.8 Å². The molecule has 0 aromatic carbocycles. The minimum absolute atomic E-state index is 0.105. The maximum atomic E-state index is 11.3. The molecule has 0 unspecified atom stereocenters. The molecule has 2 aromatic rings. The van der Waals surface area contributed by atoms with Gasteiger partial charge in [0.05, 0.1) is 12.8 Å². The van der Waals surface area contributed by atoms with Crippen LogP contribution in [0.1, 0.15) is 27.4 Å². The van der Waals surface area contributed by atoms with Crippen LogP contribution in [0.4, 0.5) is 0 Å². The molecule has 0 amide bonds. The fraction of sp³-hybridized carbons (Fsp3) is 0.273. The van der Waals surface area contributed by atoms with Crippen molar-refractivity contribution in [3.05, 3.63) is 29.0 Å². The number of methoxy groups -OCH3 is 1. The third-order valence-corrected chi connectivity index (χ3v) is 2.62. The number of nitriles is 1. The van der Waals surface area contributed by atoms with Gasteiger partial charge in [0.15, 0.2) is 5.82 Å². The number of nitrogens with zero attached hydrogens (tertiary/aromatic N) is 6. The Hall–Kier alpha value is -2.82. The van der Waals surface area contributed by atoms with Crippen LogP contribution >= 0.6 is 0 Å². The van der Waals surface area contributed by atoms with Gasteiger partial charge in [-0.05, 0) is 19.4 Å². The second-order valence-corrected chi connectivity index (χ2v) is 3.73. The standard InChI is InChI=1S/C11H10N6O2/c1-6-7(2)14-15-10(8(6)4-12)17-5-13-9(16-17)11(18)19-3/h5H,1-3H3. The smallest absolute Gasteiger partial charge is 0.377 e. The Morgan fingerprint density at radius 3 is 2.79 bits per heavy atom. The number of carbonyl (C=O) groups excluding carboxylic acids is 1. The lowest BCUT2D eigenvalue weighted by atomic mass is 10.1. The van der Waals surface area contributed by atoms with Gasteiger partial charge in [0.1, 0.15) is 18.0 Å². The first-order chi connectivity index (χ1) is 9.08. The van der Waals surface area contributed by atoms with Gasteiger partial charge in [0.2, 0.25) is 0 Å². The van der Waals surface area contributed by atoms with Crippen LogP contribution < -0.4 is 0 Å². The molecule has 0 bridgehead atoms. The predicted octanol–water partition coefficient (Wildman–Crippen LogP) is 0.332. The van der Waals surface area contributed by atoms with E-state index in [-0.39, 0.29) is 11.6 Å². The molecule has 0 radical (unpaired) electrons. The monoisotopic (exact) mass is 258 g/mol. The Kier molecular flexibility index (Phi) is 3.20. The Labute approximate surface area is 108 Å². The number of carbonyl (C=O) groups is 1. The van der Waals surface area contributed by atoms with Gasteiger partial charge >= 0.3 is 5.97 Å². The summed E-state index contributed by atoms with van der Waals surface area (Å²) in [6.07, 6.45) is 1.28. The second kappa shape index (κ2) is 4.81. The Balaban J connectivity index is 2.54. The molecule has 0 aliphatic rings. The Bertz CT molecular complexity index is 685. The van der Waals surface area contributed by atoms with Crippen LogP contribution in [-0.4, -0.2) is 38.0 Å². The summed E-state index contributed by atoms with van der Waals surface area (Å²) >= 11 is 0. The normalized spacial score (nSPS) is 10.0. The number of ether oxygens (including phenoxy) is 1. The molecule has 8 heteroatoms. The summed E-state index contributed by atoms with van der Waals surface area (Å²) in [5, 5.41) is 20.9. The SMILES string of the molecule is COC(=O)c1ncn(-c2nnc(C)c(C)c2C#N)n1. The van der Waals surface area contributed by atoms with E-state index in [4.69, 9.17) is 0 Å². The molecule has 0 saturated heterocycles. The van der Waals surface area contributed by atoms with Gasteiger partial charge in [-0.25, -0.2) is 9.78 Å². The minimum Gasteiger partial charge on any atom is -0.463 e. The molecule has 2 rings (SSSR count). The van der Waals surface area contributed by atoms with E-state index in [2.05, 4.69) is 25.0 Å². The molecule has 0 spiro atoms. The van der Waals surface area contributed by atoms with E-state index in [1.54, 1.807) is 13.8 Å². The first-order valence-corrected chi connectivity index (χ1v) is 5.32. The first-order valence-electron chi connectivity index (χ1n) is 5.32. The molecular weight excluding hydrogens is 248 g/mol. The molecule has 0 aliphatic carbocycles. The van der Waals surface area contributed by atoms with Crippen LogP contribution in [0.25, 0.3) is 5.82 Å². The number of rotatable bonds is 2. The van der Waals surface area contributed by atoms with Crippen molar-refractivity contribution in [2.75, 3.05) is 7.11 Å². The highest BCUT2D eigenvalue weighted by Gasteiger charge is 2.17. The molecule has 0 aliphatic heterocycles. The summed E-state index contributed by atoms with van der Waals surface area (Å²) in [7, 11) is 1.24. The highest BCUT2D eigenvalue weighted by atomic mass is 16.5. The van der Waals surface area contributed by atoms with Crippen LogP contribution in [-0.2, 0) is 4.74 Å². The molecule has 96 valence electrons. The molecule has 0 atom stereocenters. The van der Waals surface area contributed by atoms with Gasteiger partial charge in [-0.3, -0.25) is 0 Å². The van der Waals surface area contributed by atoms with Gasteiger partial charge in [-0.2, -0.15) is 15.0 Å². The summed E-state index contributed by atoms with van der Waals surface area (Å²) < 4.78 is 5.73. The minimum atomic E-state index is -0.658. The number of esters is 1. The van der Waals surface area contributed by atoms with Crippen molar-refractivity contribution in [3.63, 3.8) is 0 Å². The van der Waals surface area contributed by atoms with Crippen LogP contribution in [0, 0.1) is 25.2 Å². The molecule has 2 aromatic heterocycles. The number of hydrogen-bond donors (Lipinski definition) is 0. The zero-order chi connectivity index (χ0) is 14.0. The van der Waals surface area contributed by atoms with Crippen LogP contribution in [0.5, 0.6) is 0 Å². The summed E-state index contributed by atoms with van der Waals surface area (Å²) in [5.41, 5.74) is 1.71. The highest BCUT2D eigenvalue weighted by Crippen LogP contribution is 2.15. The van der Waals surface area contributed by atoms with Crippen LogP contribution in [0.3, 0.4) is 0 Å². The summed E-state index contributed by atoms with van der Waals surface area (Å²) in [5.74, 6) is -0.534. The lowest BCUT2D eigenvalue weighted by Gasteiger charge is -2.05. The van der Waals surface area contributed by atoms with Crippen LogP contribution in [0.2, 0.25) is 0 Å². The van der Waals surface area contributed by atoms with E-state index in [1.165, 1.54) is 18.1 Å². The van der Waals surface area contributed by atoms with Gasteiger partial charge in [-0.1, -0.05) is 0 Å². The molecule has 19 heavy (non-hydrogen) atoms. The lowest BCUT2D eigenvalue weighted by molar-refractivity contribution is 0.0587. The Morgan fingerprint density at radius 1 is 1.42 bits per heavy atom.